The zero-order chi connectivity index (χ0) is 16.9. The van der Waals surface area contributed by atoms with E-state index in [-0.39, 0.29) is 0 Å². The zero-order valence-corrected chi connectivity index (χ0v) is 15.0. The molecule has 0 radical (unpaired) electrons. The van der Waals surface area contributed by atoms with Crippen molar-refractivity contribution < 1.29 is 4.74 Å². The van der Waals surface area contributed by atoms with Gasteiger partial charge in [0.05, 0.1) is 6.61 Å². The second-order valence-corrected chi connectivity index (χ2v) is 6.57. The molecule has 4 N–H and O–H groups in total. The summed E-state index contributed by atoms with van der Waals surface area (Å²) in [5.41, 5.74) is 12.6. The van der Waals surface area contributed by atoms with E-state index >= 15 is 0 Å². The van der Waals surface area contributed by atoms with Crippen molar-refractivity contribution in [2.75, 3.05) is 39.3 Å². The predicted octanol–water partition coefficient (Wildman–Crippen LogP) is 2.65. The van der Waals surface area contributed by atoms with Crippen LogP contribution in [-0.2, 0) is 6.42 Å². The molecule has 0 saturated heterocycles. The minimum Gasteiger partial charge on any atom is -0.494 e. The highest BCUT2D eigenvalue weighted by Crippen LogP contribution is 2.15. The van der Waals surface area contributed by atoms with Gasteiger partial charge in [0.2, 0.25) is 0 Å². The average Bonchev–Trinajstić information content (AvgIpc) is 2.54. The first-order valence-electron chi connectivity index (χ1n) is 9.00. The minimum absolute atomic E-state index is 0.690. The molecule has 0 aliphatic rings. The van der Waals surface area contributed by atoms with Gasteiger partial charge in [0.1, 0.15) is 5.75 Å². The summed E-state index contributed by atoms with van der Waals surface area (Å²) in [6.45, 7) is 9.89. The van der Waals surface area contributed by atoms with Crippen LogP contribution in [0.25, 0.3) is 0 Å². The maximum atomic E-state index is 5.85. The largest absolute Gasteiger partial charge is 0.494 e. The molecule has 0 amide bonds. The normalized spacial score (nSPS) is 11.4. The van der Waals surface area contributed by atoms with Gasteiger partial charge in [0, 0.05) is 6.54 Å². The second-order valence-electron chi connectivity index (χ2n) is 6.57. The molecule has 1 aromatic rings. The van der Waals surface area contributed by atoms with E-state index in [9.17, 15) is 0 Å². The number of benzene rings is 1. The Bertz CT molecular complexity index is 384. The van der Waals surface area contributed by atoms with Crippen molar-refractivity contribution in [2.45, 2.75) is 39.5 Å². The summed E-state index contributed by atoms with van der Waals surface area (Å²) in [7, 11) is 0. The minimum atomic E-state index is 0.690. The highest BCUT2D eigenvalue weighted by Gasteiger charge is 2.04. The summed E-state index contributed by atoms with van der Waals surface area (Å²) in [5.74, 6) is 1.66. The Kier molecular flexibility index (Phi) is 10.7. The quantitative estimate of drug-likeness (QED) is 0.548. The molecular formula is C19H35N3O. The molecule has 0 bridgehead atoms. The molecule has 1 rings (SSSR count). The van der Waals surface area contributed by atoms with Gasteiger partial charge in [-0.2, -0.15) is 0 Å². The number of hydrogen-bond acceptors (Lipinski definition) is 4. The van der Waals surface area contributed by atoms with E-state index in [2.05, 4.69) is 43.0 Å². The molecule has 0 spiro atoms. The van der Waals surface area contributed by atoms with Crippen LogP contribution in [0, 0.1) is 5.92 Å². The molecule has 0 saturated carbocycles. The van der Waals surface area contributed by atoms with Crippen molar-refractivity contribution in [3.05, 3.63) is 29.8 Å². The molecule has 0 fully saturated rings. The Morgan fingerprint density at radius 2 is 1.48 bits per heavy atom. The van der Waals surface area contributed by atoms with Crippen molar-refractivity contribution >= 4 is 0 Å². The van der Waals surface area contributed by atoms with Gasteiger partial charge in [0.25, 0.3) is 0 Å². The van der Waals surface area contributed by atoms with Crippen molar-refractivity contribution in [3.63, 3.8) is 0 Å². The van der Waals surface area contributed by atoms with E-state index < -0.39 is 0 Å². The summed E-state index contributed by atoms with van der Waals surface area (Å²) in [5, 5.41) is 0. The van der Waals surface area contributed by atoms with Crippen LogP contribution in [0.4, 0.5) is 0 Å². The third kappa shape index (κ3) is 9.59. The van der Waals surface area contributed by atoms with Crippen LogP contribution in [0.1, 0.15) is 38.7 Å². The Hall–Kier alpha value is -1.10. The second kappa shape index (κ2) is 12.3. The molecule has 0 unspecified atom stereocenters. The number of ether oxygens (including phenoxy) is 1. The lowest BCUT2D eigenvalue weighted by Gasteiger charge is -2.21. The highest BCUT2D eigenvalue weighted by atomic mass is 16.5. The first-order valence-corrected chi connectivity index (χ1v) is 9.00. The molecule has 0 aliphatic carbocycles. The Balaban J connectivity index is 2.25. The molecule has 1 aromatic carbocycles. The Morgan fingerprint density at radius 1 is 0.913 bits per heavy atom. The molecule has 0 heterocycles. The van der Waals surface area contributed by atoms with Gasteiger partial charge in [-0.15, -0.1) is 0 Å². The summed E-state index contributed by atoms with van der Waals surface area (Å²) in [4.78, 5) is 2.44. The van der Waals surface area contributed by atoms with E-state index in [4.69, 9.17) is 16.2 Å². The molecule has 0 aromatic heterocycles. The van der Waals surface area contributed by atoms with E-state index in [0.717, 1.165) is 70.8 Å². The lowest BCUT2D eigenvalue weighted by atomic mass is 10.0. The van der Waals surface area contributed by atoms with Gasteiger partial charge in [-0.1, -0.05) is 26.0 Å². The van der Waals surface area contributed by atoms with Crippen molar-refractivity contribution in [1.82, 2.24) is 4.90 Å². The number of nitrogens with two attached hydrogens (primary N) is 2. The van der Waals surface area contributed by atoms with Gasteiger partial charge < -0.3 is 21.1 Å². The van der Waals surface area contributed by atoms with E-state index in [1.807, 2.05) is 0 Å². The van der Waals surface area contributed by atoms with E-state index in [1.165, 1.54) is 5.56 Å². The smallest absolute Gasteiger partial charge is 0.119 e. The predicted molar refractivity (Wildman–Crippen MR) is 98.9 cm³/mol. The third-order valence-electron chi connectivity index (χ3n) is 3.81. The fraction of sp³-hybridized carbons (Fsp3) is 0.684. The molecule has 4 nitrogen and oxygen atoms in total. The van der Waals surface area contributed by atoms with Gasteiger partial charge >= 0.3 is 0 Å². The first kappa shape index (κ1) is 19.9. The van der Waals surface area contributed by atoms with Crippen molar-refractivity contribution in [3.8, 4) is 5.75 Å². The van der Waals surface area contributed by atoms with Crippen LogP contribution in [0.5, 0.6) is 5.75 Å². The maximum Gasteiger partial charge on any atom is 0.119 e. The lowest BCUT2D eigenvalue weighted by molar-refractivity contribution is 0.232. The van der Waals surface area contributed by atoms with E-state index in [1.54, 1.807) is 0 Å². The fourth-order valence-electron chi connectivity index (χ4n) is 2.64. The highest BCUT2D eigenvalue weighted by molar-refractivity contribution is 5.27. The number of hydrogen-bond donors (Lipinski definition) is 2. The summed E-state index contributed by atoms with van der Waals surface area (Å²) >= 11 is 0. The monoisotopic (exact) mass is 321 g/mol. The molecule has 23 heavy (non-hydrogen) atoms. The van der Waals surface area contributed by atoms with Crippen molar-refractivity contribution in [1.29, 1.82) is 0 Å². The van der Waals surface area contributed by atoms with Gasteiger partial charge in [0.15, 0.2) is 0 Å². The molecule has 4 heteroatoms. The lowest BCUT2D eigenvalue weighted by Crippen LogP contribution is -2.30. The summed E-state index contributed by atoms with van der Waals surface area (Å²) < 4.78 is 5.85. The van der Waals surface area contributed by atoms with Crippen LogP contribution in [-0.4, -0.2) is 44.2 Å². The van der Waals surface area contributed by atoms with Gasteiger partial charge in [-0.3, -0.25) is 0 Å². The number of nitrogens with zero attached hydrogens (tertiary/aromatic N) is 1. The SMILES string of the molecule is CC(C)Cc1ccc(OCCCN(CCCN)CCCN)cc1. The summed E-state index contributed by atoms with van der Waals surface area (Å²) in [6.07, 6.45) is 4.24. The number of rotatable bonds is 13. The maximum absolute atomic E-state index is 5.85. The molecular weight excluding hydrogens is 286 g/mol. The molecule has 0 atom stereocenters. The standard InChI is InChI=1S/C19H35N3O/c1-17(2)16-18-6-8-19(9-7-18)23-15-5-14-22(12-3-10-20)13-4-11-21/h6-9,17H,3-5,10-16,20-21H2,1-2H3. The summed E-state index contributed by atoms with van der Waals surface area (Å²) in [6, 6.07) is 8.50. The van der Waals surface area contributed by atoms with Crippen LogP contribution in [0.3, 0.4) is 0 Å². The third-order valence-corrected chi connectivity index (χ3v) is 3.81. The van der Waals surface area contributed by atoms with Crippen LogP contribution < -0.4 is 16.2 Å². The fourth-order valence-corrected chi connectivity index (χ4v) is 2.64. The Labute approximate surface area is 142 Å². The van der Waals surface area contributed by atoms with Gasteiger partial charge in [-0.25, -0.2) is 0 Å². The van der Waals surface area contributed by atoms with Crippen LogP contribution >= 0.6 is 0 Å². The van der Waals surface area contributed by atoms with Gasteiger partial charge in [-0.05, 0) is 75.5 Å². The zero-order valence-electron chi connectivity index (χ0n) is 15.0. The first-order chi connectivity index (χ1) is 11.2. The molecule has 132 valence electrons. The Morgan fingerprint density at radius 3 is 2.00 bits per heavy atom. The van der Waals surface area contributed by atoms with Crippen LogP contribution in [0.15, 0.2) is 24.3 Å². The van der Waals surface area contributed by atoms with Crippen LogP contribution in [0.2, 0.25) is 0 Å². The van der Waals surface area contributed by atoms with E-state index in [0.29, 0.717) is 5.92 Å². The van der Waals surface area contributed by atoms with Crippen molar-refractivity contribution in [2.24, 2.45) is 17.4 Å². The topological polar surface area (TPSA) is 64.5 Å². The molecule has 0 aliphatic heterocycles. The average molecular weight is 322 g/mol.